The molecule has 0 saturated carbocycles. The van der Waals surface area contributed by atoms with Crippen molar-refractivity contribution in [2.24, 2.45) is 5.41 Å². The summed E-state index contributed by atoms with van der Waals surface area (Å²) >= 11 is 0. The van der Waals surface area contributed by atoms with Gasteiger partial charge in [0.05, 0.1) is 0 Å². The predicted octanol–water partition coefficient (Wildman–Crippen LogP) is 1.81. The summed E-state index contributed by atoms with van der Waals surface area (Å²) in [6, 6.07) is 1.67. The van der Waals surface area contributed by atoms with E-state index in [1.165, 1.54) is 32.5 Å². The maximum Gasteiger partial charge on any atom is 0.0224 e. The van der Waals surface area contributed by atoms with E-state index in [0.717, 1.165) is 12.1 Å². The summed E-state index contributed by atoms with van der Waals surface area (Å²) in [5.41, 5.74) is 0.454. The van der Waals surface area contributed by atoms with E-state index in [-0.39, 0.29) is 0 Å². The quantitative estimate of drug-likeness (QED) is 0.631. The minimum Gasteiger partial charge on any atom is -0.301 e. The van der Waals surface area contributed by atoms with Crippen LogP contribution >= 0.6 is 0 Å². The van der Waals surface area contributed by atoms with Crippen LogP contribution in [0.5, 0.6) is 0 Å². The van der Waals surface area contributed by atoms with Gasteiger partial charge in [0.2, 0.25) is 0 Å². The normalized spacial score (nSPS) is 35.1. The molecule has 0 aliphatic carbocycles. The van der Waals surface area contributed by atoms with Gasteiger partial charge in [-0.25, -0.2) is 0 Å². The summed E-state index contributed by atoms with van der Waals surface area (Å²) in [5.74, 6) is 0. The van der Waals surface area contributed by atoms with Crippen molar-refractivity contribution in [1.29, 1.82) is 0 Å². The van der Waals surface area contributed by atoms with Crippen molar-refractivity contribution in [1.82, 2.24) is 9.80 Å². The number of nitrogens with zero attached hydrogens (tertiary/aromatic N) is 2. The zero-order valence-corrected chi connectivity index (χ0v) is 10.1. The number of fused-ring (bicyclic) bond motifs is 3. The lowest BCUT2D eigenvalue weighted by Crippen LogP contribution is -2.62. The Hall–Kier alpha value is -0.0800. The van der Waals surface area contributed by atoms with E-state index in [4.69, 9.17) is 0 Å². The molecule has 0 N–H and O–H groups in total. The van der Waals surface area contributed by atoms with Crippen molar-refractivity contribution in [3.63, 3.8) is 0 Å². The molecule has 0 amide bonds. The first-order chi connectivity index (χ1) is 6.46. The molecule has 0 radical (unpaired) electrons. The van der Waals surface area contributed by atoms with Gasteiger partial charge in [0.25, 0.3) is 0 Å². The van der Waals surface area contributed by atoms with Crippen molar-refractivity contribution in [3.05, 3.63) is 0 Å². The highest BCUT2D eigenvalue weighted by atomic mass is 15.3. The van der Waals surface area contributed by atoms with Gasteiger partial charge >= 0.3 is 0 Å². The van der Waals surface area contributed by atoms with Crippen LogP contribution in [0.2, 0.25) is 0 Å². The fraction of sp³-hybridized carbons (Fsp3) is 1.00. The summed E-state index contributed by atoms with van der Waals surface area (Å²) < 4.78 is 0. The Balaban J connectivity index is 1.97. The van der Waals surface area contributed by atoms with Crippen LogP contribution in [0.25, 0.3) is 0 Å². The van der Waals surface area contributed by atoms with Crippen molar-refractivity contribution in [2.45, 2.75) is 45.7 Å². The van der Waals surface area contributed by atoms with E-state index in [9.17, 15) is 0 Å². The van der Waals surface area contributed by atoms with Gasteiger partial charge in [-0.1, -0.05) is 20.8 Å². The van der Waals surface area contributed by atoms with Crippen molar-refractivity contribution >= 4 is 0 Å². The molecule has 2 bridgehead atoms. The summed E-state index contributed by atoms with van der Waals surface area (Å²) in [7, 11) is 2.28. The molecule has 3 heterocycles. The molecule has 3 fully saturated rings. The van der Waals surface area contributed by atoms with Gasteiger partial charge in [0.15, 0.2) is 0 Å². The molecule has 2 atom stereocenters. The lowest BCUT2D eigenvalue weighted by molar-refractivity contribution is -0.0216. The van der Waals surface area contributed by atoms with Gasteiger partial charge in [0.1, 0.15) is 0 Å². The van der Waals surface area contributed by atoms with Crippen LogP contribution in [-0.4, -0.2) is 48.6 Å². The number of piperidine rings is 2. The van der Waals surface area contributed by atoms with E-state index in [1.807, 2.05) is 0 Å². The lowest BCUT2D eigenvalue weighted by atomic mass is 9.87. The zero-order valence-electron chi connectivity index (χ0n) is 10.1. The SMILES string of the molecule is CN1CC2CCC1CN2CC(C)(C)C. The van der Waals surface area contributed by atoms with Crippen molar-refractivity contribution in [3.8, 4) is 0 Å². The third-order valence-electron chi connectivity index (χ3n) is 3.59. The number of hydrogen-bond acceptors (Lipinski definition) is 2. The Bertz CT molecular complexity index is 207. The Morgan fingerprint density at radius 2 is 1.71 bits per heavy atom. The van der Waals surface area contributed by atoms with Crippen LogP contribution in [0.3, 0.4) is 0 Å². The molecule has 3 aliphatic heterocycles. The van der Waals surface area contributed by atoms with Crippen LogP contribution in [0.1, 0.15) is 33.6 Å². The largest absolute Gasteiger partial charge is 0.301 e. The second-order valence-electron chi connectivity index (χ2n) is 6.31. The summed E-state index contributed by atoms with van der Waals surface area (Å²) in [5, 5.41) is 0. The summed E-state index contributed by atoms with van der Waals surface area (Å²) in [6.07, 6.45) is 2.84. The van der Waals surface area contributed by atoms with Gasteiger partial charge in [-0.05, 0) is 25.3 Å². The van der Waals surface area contributed by atoms with E-state index in [1.54, 1.807) is 0 Å². The minimum absolute atomic E-state index is 0.454. The smallest absolute Gasteiger partial charge is 0.0224 e. The molecule has 0 aromatic rings. The molecule has 0 aromatic heterocycles. The van der Waals surface area contributed by atoms with Crippen LogP contribution < -0.4 is 0 Å². The first-order valence-electron chi connectivity index (χ1n) is 5.90. The molecule has 3 aliphatic rings. The molecular weight excluding hydrogens is 172 g/mol. The standard InChI is InChI=1S/C12H24N2/c1-12(2,3)9-14-8-10-5-6-11(14)7-13(10)4/h10-11H,5-9H2,1-4H3. The highest BCUT2D eigenvalue weighted by molar-refractivity contribution is 4.94. The lowest BCUT2D eigenvalue weighted by Gasteiger charge is -2.51. The Morgan fingerprint density at radius 3 is 2.14 bits per heavy atom. The maximum atomic E-state index is 2.72. The van der Waals surface area contributed by atoms with Gasteiger partial charge < -0.3 is 4.90 Å². The highest BCUT2D eigenvalue weighted by Gasteiger charge is 2.37. The molecular formula is C12H24N2. The summed E-state index contributed by atoms with van der Waals surface area (Å²) in [6.45, 7) is 10.9. The van der Waals surface area contributed by atoms with Crippen molar-refractivity contribution in [2.75, 3.05) is 26.7 Å². The zero-order chi connectivity index (χ0) is 10.3. The average molecular weight is 196 g/mol. The predicted molar refractivity (Wildman–Crippen MR) is 60.5 cm³/mol. The molecule has 0 spiro atoms. The second-order valence-corrected chi connectivity index (χ2v) is 6.31. The maximum absolute atomic E-state index is 2.72. The number of likely N-dealkylation sites (N-methyl/N-ethyl adjacent to an activating group) is 1. The molecule has 3 rings (SSSR count). The molecule has 2 unspecified atom stereocenters. The van der Waals surface area contributed by atoms with Gasteiger partial charge in [-0.2, -0.15) is 0 Å². The Kier molecular flexibility index (Phi) is 2.61. The fourth-order valence-electron chi connectivity index (χ4n) is 2.93. The van der Waals surface area contributed by atoms with Crippen LogP contribution in [0.15, 0.2) is 0 Å². The van der Waals surface area contributed by atoms with Crippen LogP contribution in [0.4, 0.5) is 0 Å². The third-order valence-corrected chi connectivity index (χ3v) is 3.59. The molecule has 2 heteroatoms. The Labute approximate surface area is 88.3 Å². The van der Waals surface area contributed by atoms with Gasteiger partial charge in [-0.3, -0.25) is 4.90 Å². The topological polar surface area (TPSA) is 6.48 Å². The fourth-order valence-corrected chi connectivity index (χ4v) is 2.93. The van der Waals surface area contributed by atoms with Crippen LogP contribution in [0, 0.1) is 5.41 Å². The van der Waals surface area contributed by atoms with Crippen molar-refractivity contribution < 1.29 is 0 Å². The molecule has 82 valence electrons. The molecule has 14 heavy (non-hydrogen) atoms. The first-order valence-corrected chi connectivity index (χ1v) is 5.90. The molecule has 2 nitrogen and oxygen atoms in total. The van der Waals surface area contributed by atoms with E-state index >= 15 is 0 Å². The second kappa shape index (κ2) is 3.49. The average Bonchev–Trinajstić information content (AvgIpc) is 2.04. The third kappa shape index (κ3) is 2.12. The van der Waals surface area contributed by atoms with Crippen LogP contribution in [-0.2, 0) is 0 Å². The van der Waals surface area contributed by atoms with Gasteiger partial charge in [0, 0.05) is 31.7 Å². The number of piperazine rings is 1. The Morgan fingerprint density at radius 1 is 1.07 bits per heavy atom. The molecule has 0 aromatic carbocycles. The summed E-state index contributed by atoms with van der Waals surface area (Å²) in [4.78, 5) is 5.27. The minimum atomic E-state index is 0.454. The van der Waals surface area contributed by atoms with E-state index in [2.05, 4.69) is 37.6 Å². The molecule has 3 saturated heterocycles. The first kappa shape index (κ1) is 10.4. The number of hydrogen-bond donors (Lipinski definition) is 0. The highest BCUT2D eigenvalue weighted by Crippen LogP contribution is 2.30. The van der Waals surface area contributed by atoms with Gasteiger partial charge in [-0.15, -0.1) is 0 Å². The number of rotatable bonds is 1. The van der Waals surface area contributed by atoms with E-state index < -0.39 is 0 Å². The monoisotopic (exact) mass is 196 g/mol. The van der Waals surface area contributed by atoms with E-state index in [0.29, 0.717) is 5.41 Å².